The third-order valence-electron chi connectivity index (χ3n) is 4.16. The van der Waals surface area contributed by atoms with E-state index in [1.165, 1.54) is 0 Å². The second kappa shape index (κ2) is 7.04. The molecule has 1 N–H and O–H groups in total. The Hall–Kier alpha value is -1.35. The first-order valence-electron chi connectivity index (χ1n) is 7.84. The molecule has 2 aliphatic heterocycles. The van der Waals surface area contributed by atoms with Crippen LogP contribution in [0.2, 0.25) is 0 Å². The molecule has 2 heterocycles. The number of sulfonamides is 1. The van der Waals surface area contributed by atoms with Crippen LogP contribution in [-0.4, -0.2) is 72.9 Å². The number of anilines is 1. The predicted molar refractivity (Wildman–Crippen MR) is 87.7 cm³/mol. The van der Waals surface area contributed by atoms with E-state index in [4.69, 9.17) is 9.47 Å². The smallest absolute Gasteiger partial charge is 0.240 e. The Bertz CT molecular complexity index is 644. The number of rotatable bonds is 5. The Morgan fingerprint density at radius 1 is 1.17 bits per heavy atom. The van der Waals surface area contributed by atoms with Crippen LogP contribution < -0.4 is 14.4 Å². The maximum absolute atomic E-state index is 12.5. The molecule has 1 aromatic carbocycles. The van der Waals surface area contributed by atoms with Gasteiger partial charge in [0.1, 0.15) is 12.4 Å². The first kappa shape index (κ1) is 16.5. The zero-order valence-corrected chi connectivity index (χ0v) is 14.1. The van der Waals surface area contributed by atoms with E-state index in [1.54, 1.807) is 18.2 Å². The van der Waals surface area contributed by atoms with Crippen LogP contribution in [0, 0.1) is 0 Å². The lowest BCUT2D eigenvalue weighted by atomic mass is 10.2. The van der Waals surface area contributed by atoms with Gasteiger partial charge in [-0.3, -0.25) is 4.90 Å². The van der Waals surface area contributed by atoms with Crippen molar-refractivity contribution < 1.29 is 17.9 Å². The number of hydrogen-bond donors (Lipinski definition) is 1. The third kappa shape index (κ3) is 3.95. The Kier molecular flexibility index (Phi) is 5.05. The van der Waals surface area contributed by atoms with E-state index in [9.17, 15) is 8.42 Å². The van der Waals surface area contributed by atoms with Crippen molar-refractivity contribution in [3.63, 3.8) is 0 Å². The normalized spacial score (nSPS) is 19.3. The highest BCUT2D eigenvalue weighted by Crippen LogP contribution is 2.32. The van der Waals surface area contributed by atoms with Crippen molar-refractivity contribution in [2.45, 2.75) is 4.90 Å². The summed E-state index contributed by atoms with van der Waals surface area (Å²) in [5, 5.41) is 0. The molecule has 0 amide bonds. The number of benzene rings is 1. The maximum Gasteiger partial charge on any atom is 0.240 e. The molecule has 0 bridgehead atoms. The van der Waals surface area contributed by atoms with E-state index in [0.717, 1.165) is 31.1 Å². The molecule has 1 fully saturated rings. The van der Waals surface area contributed by atoms with Crippen LogP contribution in [0.3, 0.4) is 0 Å². The van der Waals surface area contributed by atoms with Crippen molar-refractivity contribution in [2.75, 3.05) is 64.5 Å². The quantitative estimate of drug-likeness (QED) is 0.821. The zero-order valence-electron chi connectivity index (χ0n) is 13.3. The van der Waals surface area contributed by atoms with E-state index >= 15 is 0 Å². The molecule has 0 aromatic heterocycles. The number of morpholine rings is 1. The number of ether oxygens (including phenoxy) is 2. The summed E-state index contributed by atoms with van der Waals surface area (Å²) in [6.45, 7) is 5.58. The van der Waals surface area contributed by atoms with Gasteiger partial charge in [-0.25, -0.2) is 13.1 Å². The standard InChI is InChI=1S/C15H23N3O4S/c1-17-6-11-22-15-3-2-13(12-14(15)17)23(19,20)16-4-5-18-7-9-21-10-8-18/h2-3,12,16H,4-11H2,1H3. The molecule has 8 heteroatoms. The molecule has 2 aliphatic rings. The van der Waals surface area contributed by atoms with Gasteiger partial charge < -0.3 is 14.4 Å². The Balaban J connectivity index is 1.64. The van der Waals surface area contributed by atoms with Crippen LogP contribution in [0.15, 0.2) is 23.1 Å². The summed E-state index contributed by atoms with van der Waals surface area (Å²) in [4.78, 5) is 4.47. The topological polar surface area (TPSA) is 71.1 Å². The van der Waals surface area contributed by atoms with Gasteiger partial charge in [0.2, 0.25) is 10.0 Å². The highest BCUT2D eigenvalue weighted by molar-refractivity contribution is 7.89. The average molecular weight is 341 g/mol. The lowest BCUT2D eigenvalue weighted by molar-refractivity contribution is 0.0390. The van der Waals surface area contributed by atoms with Gasteiger partial charge in [-0.05, 0) is 18.2 Å². The molecule has 1 aromatic rings. The van der Waals surface area contributed by atoms with E-state index in [-0.39, 0.29) is 4.90 Å². The highest BCUT2D eigenvalue weighted by atomic mass is 32.2. The van der Waals surface area contributed by atoms with Crippen LogP contribution in [0.25, 0.3) is 0 Å². The fraction of sp³-hybridized carbons (Fsp3) is 0.600. The molecule has 0 unspecified atom stereocenters. The van der Waals surface area contributed by atoms with Crippen molar-refractivity contribution >= 4 is 15.7 Å². The van der Waals surface area contributed by atoms with Gasteiger partial charge in [-0.1, -0.05) is 0 Å². The molecule has 0 atom stereocenters. The summed E-state index contributed by atoms with van der Waals surface area (Å²) in [5.41, 5.74) is 0.812. The summed E-state index contributed by atoms with van der Waals surface area (Å²) in [7, 11) is -1.57. The van der Waals surface area contributed by atoms with Gasteiger partial charge in [0.05, 0.1) is 30.3 Å². The van der Waals surface area contributed by atoms with Gasteiger partial charge in [-0.15, -0.1) is 0 Å². The number of likely N-dealkylation sites (N-methyl/N-ethyl adjacent to an activating group) is 1. The molecule has 0 radical (unpaired) electrons. The van der Waals surface area contributed by atoms with E-state index in [2.05, 4.69) is 9.62 Å². The molecule has 23 heavy (non-hydrogen) atoms. The van der Waals surface area contributed by atoms with Gasteiger partial charge in [0.25, 0.3) is 0 Å². The molecule has 0 aliphatic carbocycles. The molecule has 7 nitrogen and oxygen atoms in total. The minimum atomic E-state index is -3.51. The second-order valence-corrected chi connectivity index (χ2v) is 7.52. The molecule has 3 rings (SSSR count). The summed E-state index contributed by atoms with van der Waals surface area (Å²) in [6.07, 6.45) is 0. The van der Waals surface area contributed by atoms with Crippen LogP contribution in [0.4, 0.5) is 5.69 Å². The van der Waals surface area contributed by atoms with Crippen molar-refractivity contribution in [3.8, 4) is 5.75 Å². The van der Waals surface area contributed by atoms with Gasteiger partial charge in [-0.2, -0.15) is 0 Å². The van der Waals surface area contributed by atoms with Gasteiger partial charge in [0.15, 0.2) is 0 Å². The van der Waals surface area contributed by atoms with Gasteiger partial charge in [0, 0.05) is 33.2 Å². The zero-order chi connectivity index (χ0) is 16.3. The first-order valence-corrected chi connectivity index (χ1v) is 9.32. The third-order valence-corrected chi connectivity index (χ3v) is 5.62. The maximum atomic E-state index is 12.5. The number of nitrogens with zero attached hydrogens (tertiary/aromatic N) is 2. The lowest BCUT2D eigenvalue weighted by Gasteiger charge is -2.28. The molecule has 0 saturated carbocycles. The summed E-state index contributed by atoms with van der Waals surface area (Å²) in [6, 6.07) is 4.99. The molecule has 128 valence electrons. The minimum absolute atomic E-state index is 0.274. The van der Waals surface area contributed by atoms with Crippen LogP contribution in [0.5, 0.6) is 5.75 Å². The van der Waals surface area contributed by atoms with Crippen LogP contribution >= 0.6 is 0 Å². The second-order valence-electron chi connectivity index (χ2n) is 5.75. The highest BCUT2D eigenvalue weighted by Gasteiger charge is 2.21. The summed E-state index contributed by atoms with van der Waals surface area (Å²) < 4.78 is 38.4. The molecular weight excluding hydrogens is 318 g/mol. The minimum Gasteiger partial charge on any atom is -0.490 e. The Labute approximate surface area is 137 Å². The Morgan fingerprint density at radius 2 is 1.96 bits per heavy atom. The largest absolute Gasteiger partial charge is 0.490 e. The van der Waals surface area contributed by atoms with Crippen LogP contribution in [-0.2, 0) is 14.8 Å². The van der Waals surface area contributed by atoms with Crippen molar-refractivity contribution in [2.24, 2.45) is 0 Å². The summed E-state index contributed by atoms with van der Waals surface area (Å²) in [5.74, 6) is 0.728. The van der Waals surface area contributed by atoms with Crippen LogP contribution in [0.1, 0.15) is 0 Å². The lowest BCUT2D eigenvalue weighted by Crippen LogP contribution is -2.41. The van der Waals surface area contributed by atoms with E-state index < -0.39 is 10.0 Å². The summed E-state index contributed by atoms with van der Waals surface area (Å²) >= 11 is 0. The van der Waals surface area contributed by atoms with E-state index in [1.807, 2.05) is 11.9 Å². The van der Waals surface area contributed by atoms with E-state index in [0.29, 0.717) is 32.9 Å². The Morgan fingerprint density at radius 3 is 2.74 bits per heavy atom. The molecular formula is C15H23N3O4S. The average Bonchev–Trinajstić information content (AvgIpc) is 2.56. The fourth-order valence-corrected chi connectivity index (χ4v) is 3.78. The first-order chi connectivity index (χ1) is 11.1. The van der Waals surface area contributed by atoms with Crippen molar-refractivity contribution in [1.82, 2.24) is 9.62 Å². The monoisotopic (exact) mass is 341 g/mol. The van der Waals surface area contributed by atoms with Crippen molar-refractivity contribution in [3.05, 3.63) is 18.2 Å². The van der Waals surface area contributed by atoms with Crippen molar-refractivity contribution in [1.29, 1.82) is 0 Å². The molecule has 0 spiro atoms. The molecule has 1 saturated heterocycles. The van der Waals surface area contributed by atoms with Gasteiger partial charge >= 0.3 is 0 Å². The number of fused-ring (bicyclic) bond motifs is 1. The fourth-order valence-electron chi connectivity index (χ4n) is 2.74. The number of nitrogens with one attached hydrogen (secondary N) is 1. The predicted octanol–water partition coefficient (Wildman–Crippen LogP) is 0.126. The SMILES string of the molecule is CN1CCOc2ccc(S(=O)(=O)NCCN3CCOCC3)cc21. The number of hydrogen-bond acceptors (Lipinski definition) is 6.